The van der Waals surface area contributed by atoms with Gasteiger partial charge in [0.1, 0.15) is 5.66 Å². The van der Waals surface area contributed by atoms with E-state index in [1.54, 1.807) is 6.08 Å². The van der Waals surface area contributed by atoms with Crippen molar-refractivity contribution >= 4 is 11.6 Å². The Hall–Kier alpha value is -2.55. The highest BCUT2D eigenvalue weighted by atomic mass is 16.2. The Balaban J connectivity index is 1.88. The normalized spacial score (nSPS) is 19.9. The van der Waals surface area contributed by atoms with Crippen molar-refractivity contribution in [3.8, 4) is 0 Å². The van der Waals surface area contributed by atoms with Crippen molar-refractivity contribution in [1.29, 1.82) is 0 Å². The van der Waals surface area contributed by atoms with Gasteiger partial charge in [-0.25, -0.2) is 0 Å². The molecule has 0 bridgehead atoms. The minimum absolute atomic E-state index is 0.0646. The smallest absolute Gasteiger partial charge is 0.258 e. The number of rotatable bonds is 5. The molecular formula is C20H22N2O. The molecular weight excluding hydrogens is 284 g/mol. The molecule has 3 rings (SSSR count). The number of benzene rings is 2. The number of carbonyl (C=O) groups excluding carboxylic acids is 1. The largest absolute Gasteiger partial charge is 0.362 e. The van der Waals surface area contributed by atoms with Crippen molar-refractivity contribution in [3.63, 3.8) is 0 Å². The number of hydrogen-bond acceptors (Lipinski definition) is 2. The number of carbonyl (C=O) groups is 1. The molecule has 0 saturated carbocycles. The molecule has 3 heteroatoms. The fraction of sp³-hybridized carbons (Fsp3) is 0.250. The molecule has 1 atom stereocenters. The molecule has 0 fully saturated rings. The molecule has 2 aromatic carbocycles. The molecule has 3 nitrogen and oxygen atoms in total. The first-order valence-electron chi connectivity index (χ1n) is 7.98. The number of anilines is 1. The van der Waals surface area contributed by atoms with E-state index in [2.05, 4.69) is 31.0 Å². The Morgan fingerprint density at radius 2 is 1.83 bits per heavy atom. The van der Waals surface area contributed by atoms with E-state index in [1.165, 1.54) is 5.56 Å². The molecule has 0 radical (unpaired) electrons. The monoisotopic (exact) mass is 306 g/mol. The summed E-state index contributed by atoms with van der Waals surface area (Å²) in [6.45, 7) is 6.43. The number of para-hydroxylation sites is 1. The zero-order valence-corrected chi connectivity index (χ0v) is 13.5. The third-order valence-corrected chi connectivity index (χ3v) is 4.46. The minimum atomic E-state index is -0.421. The lowest BCUT2D eigenvalue weighted by atomic mass is 9.94. The van der Waals surface area contributed by atoms with Crippen LogP contribution in [0, 0.1) is 0 Å². The summed E-state index contributed by atoms with van der Waals surface area (Å²) >= 11 is 0. The molecule has 0 aromatic heterocycles. The van der Waals surface area contributed by atoms with Gasteiger partial charge in [-0.1, -0.05) is 48.5 Å². The van der Waals surface area contributed by atoms with Crippen LogP contribution in [0.3, 0.4) is 0 Å². The first-order valence-corrected chi connectivity index (χ1v) is 7.98. The van der Waals surface area contributed by atoms with E-state index < -0.39 is 5.66 Å². The van der Waals surface area contributed by atoms with Crippen molar-refractivity contribution < 1.29 is 4.79 Å². The standard InChI is InChI=1S/C20H22N2O/c1-3-15-22-19(23)17-11-7-8-12-18(17)21-20(22,2)14-13-16-9-5-4-6-10-16/h3-12,21H,1,13-15H2,2H3/t20-/m1/s1. The second-order valence-electron chi connectivity index (χ2n) is 6.13. The van der Waals surface area contributed by atoms with Gasteiger partial charge in [0.25, 0.3) is 5.91 Å². The maximum Gasteiger partial charge on any atom is 0.258 e. The van der Waals surface area contributed by atoms with Gasteiger partial charge in [-0.15, -0.1) is 6.58 Å². The van der Waals surface area contributed by atoms with Crippen LogP contribution in [0.5, 0.6) is 0 Å². The average Bonchev–Trinajstić information content (AvgIpc) is 2.58. The van der Waals surface area contributed by atoms with Crippen molar-refractivity contribution in [2.24, 2.45) is 0 Å². The van der Waals surface area contributed by atoms with E-state index >= 15 is 0 Å². The van der Waals surface area contributed by atoms with Gasteiger partial charge in [0.2, 0.25) is 0 Å². The van der Waals surface area contributed by atoms with Crippen LogP contribution in [0.15, 0.2) is 67.3 Å². The molecule has 0 spiro atoms. The Morgan fingerprint density at radius 3 is 2.57 bits per heavy atom. The van der Waals surface area contributed by atoms with Crippen LogP contribution in [-0.2, 0) is 6.42 Å². The fourth-order valence-corrected chi connectivity index (χ4v) is 3.15. The Labute approximate surface area is 137 Å². The van der Waals surface area contributed by atoms with Gasteiger partial charge >= 0.3 is 0 Å². The molecule has 1 aliphatic rings. The van der Waals surface area contributed by atoms with Crippen molar-refractivity contribution in [3.05, 3.63) is 78.4 Å². The molecule has 2 aromatic rings. The lowest BCUT2D eigenvalue weighted by Crippen LogP contribution is -2.58. The lowest BCUT2D eigenvalue weighted by molar-refractivity contribution is 0.0562. The van der Waals surface area contributed by atoms with E-state index in [4.69, 9.17) is 0 Å². The van der Waals surface area contributed by atoms with Crippen LogP contribution in [0.1, 0.15) is 29.3 Å². The molecule has 0 aliphatic carbocycles. The van der Waals surface area contributed by atoms with Gasteiger partial charge in [-0.2, -0.15) is 0 Å². The van der Waals surface area contributed by atoms with E-state index in [-0.39, 0.29) is 5.91 Å². The van der Waals surface area contributed by atoms with Gasteiger partial charge in [0.15, 0.2) is 0 Å². The van der Waals surface area contributed by atoms with Crippen LogP contribution in [0.4, 0.5) is 5.69 Å². The second kappa shape index (κ2) is 6.29. The van der Waals surface area contributed by atoms with Crippen LogP contribution in [0.25, 0.3) is 0 Å². The summed E-state index contributed by atoms with van der Waals surface area (Å²) in [5.74, 6) is 0.0646. The van der Waals surface area contributed by atoms with Crippen molar-refractivity contribution in [1.82, 2.24) is 4.90 Å². The number of hydrogen-bond donors (Lipinski definition) is 1. The molecule has 0 saturated heterocycles. The maximum atomic E-state index is 12.9. The first kappa shape index (κ1) is 15.3. The molecule has 0 unspecified atom stereocenters. The SMILES string of the molecule is C=CCN1C(=O)c2ccccc2N[C@@]1(C)CCc1ccccc1. The van der Waals surface area contributed by atoms with Gasteiger partial charge in [0, 0.05) is 12.2 Å². The fourth-order valence-electron chi connectivity index (χ4n) is 3.15. The molecule has 1 aliphatic heterocycles. The number of amides is 1. The molecule has 1 amide bonds. The highest BCUT2D eigenvalue weighted by Gasteiger charge is 2.39. The Bertz CT molecular complexity index is 711. The quantitative estimate of drug-likeness (QED) is 0.844. The molecule has 23 heavy (non-hydrogen) atoms. The number of fused-ring (bicyclic) bond motifs is 1. The predicted molar refractivity (Wildman–Crippen MR) is 94.5 cm³/mol. The lowest BCUT2D eigenvalue weighted by Gasteiger charge is -2.46. The van der Waals surface area contributed by atoms with Crippen molar-refractivity contribution in [2.45, 2.75) is 25.4 Å². The topological polar surface area (TPSA) is 32.3 Å². The summed E-state index contributed by atoms with van der Waals surface area (Å²) in [4.78, 5) is 14.8. The third-order valence-electron chi connectivity index (χ3n) is 4.46. The Morgan fingerprint density at radius 1 is 1.13 bits per heavy atom. The number of nitrogens with zero attached hydrogens (tertiary/aromatic N) is 1. The summed E-state index contributed by atoms with van der Waals surface area (Å²) in [6, 6.07) is 18.1. The van der Waals surface area contributed by atoms with E-state index in [0.717, 1.165) is 24.1 Å². The summed E-state index contributed by atoms with van der Waals surface area (Å²) < 4.78 is 0. The Kier molecular flexibility index (Phi) is 4.20. The van der Waals surface area contributed by atoms with E-state index in [9.17, 15) is 4.79 Å². The van der Waals surface area contributed by atoms with E-state index in [1.807, 2.05) is 47.4 Å². The highest BCUT2D eigenvalue weighted by molar-refractivity contribution is 6.02. The van der Waals surface area contributed by atoms with Gasteiger partial charge < -0.3 is 10.2 Å². The molecule has 1 heterocycles. The highest BCUT2D eigenvalue weighted by Crippen LogP contribution is 2.33. The predicted octanol–water partition coefficient (Wildman–Crippen LogP) is 4.09. The minimum Gasteiger partial charge on any atom is -0.362 e. The number of aryl methyl sites for hydroxylation is 1. The third kappa shape index (κ3) is 3.00. The molecule has 1 N–H and O–H groups in total. The summed E-state index contributed by atoms with van der Waals surface area (Å²) in [5.41, 5.74) is 2.50. The summed E-state index contributed by atoms with van der Waals surface area (Å²) in [6.07, 6.45) is 3.53. The first-order chi connectivity index (χ1) is 11.1. The summed E-state index contributed by atoms with van der Waals surface area (Å²) in [7, 11) is 0. The van der Waals surface area contributed by atoms with Crippen molar-refractivity contribution in [2.75, 3.05) is 11.9 Å². The maximum absolute atomic E-state index is 12.9. The van der Waals surface area contributed by atoms with Crippen LogP contribution >= 0.6 is 0 Å². The van der Waals surface area contributed by atoms with E-state index in [0.29, 0.717) is 6.54 Å². The van der Waals surface area contributed by atoms with Crippen LogP contribution < -0.4 is 5.32 Å². The van der Waals surface area contributed by atoms with Gasteiger partial charge in [-0.3, -0.25) is 4.79 Å². The zero-order valence-electron chi connectivity index (χ0n) is 13.5. The van der Waals surface area contributed by atoms with Crippen LogP contribution in [0.2, 0.25) is 0 Å². The zero-order chi connectivity index (χ0) is 16.3. The molecule has 118 valence electrons. The van der Waals surface area contributed by atoms with Gasteiger partial charge in [0.05, 0.1) is 5.56 Å². The summed E-state index contributed by atoms with van der Waals surface area (Å²) in [5, 5.41) is 3.57. The second-order valence-corrected chi connectivity index (χ2v) is 6.13. The number of nitrogens with one attached hydrogen (secondary N) is 1. The average molecular weight is 306 g/mol. The van der Waals surface area contributed by atoms with Gasteiger partial charge in [-0.05, 0) is 37.5 Å². The van der Waals surface area contributed by atoms with Crippen LogP contribution in [-0.4, -0.2) is 23.0 Å².